The number of rotatable bonds is 21. The maximum Gasteiger partial charge on any atom is 0.0701 e. The molecule has 4 N–H and O–H groups in total. The molecule has 5 heteroatoms. The molecule has 0 aromatic carbocycles. The first kappa shape index (κ1) is 24.8. The molecule has 1 atom stereocenters. The standard InChI is InChI=1S/C20H44N2O3/c1-2-3-4-5-6-7-8-9-10-11-12-20(23)19-22-14-16-25-18-17-24-15-13-21/h20,22-23H,2-19,21H2,1H3. The smallest absolute Gasteiger partial charge is 0.0701 e. The van der Waals surface area contributed by atoms with Gasteiger partial charge in [-0.1, -0.05) is 71.1 Å². The summed E-state index contributed by atoms with van der Waals surface area (Å²) in [6.07, 6.45) is 14.0. The number of nitrogens with one attached hydrogen (secondary N) is 1. The Morgan fingerprint density at radius 1 is 0.800 bits per heavy atom. The van der Waals surface area contributed by atoms with E-state index in [9.17, 15) is 5.11 Å². The average molecular weight is 361 g/mol. The van der Waals surface area contributed by atoms with E-state index in [1.54, 1.807) is 0 Å². The SMILES string of the molecule is CCCCCCCCCCCCC(O)CNCCOCCOCCN. The van der Waals surface area contributed by atoms with E-state index in [2.05, 4.69) is 12.2 Å². The van der Waals surface area contributed by atoms with Crippen LogP contribution in [0.2, 0.25) is 0 Å². The van der Waals surface area contributed by atoms with Crippen molar-refractivity contribution in [3.63, 3.8) is 0 Å². The molecule has 0 spiro atoms. The Hall–Kier alpha value is -0.200. The van der Waals surface area contributed by atoms with E-state index in [4.69, 9.17) is 15.2 Å². The Morgan fingerprint density at radius 3 is 1.96 bits per heavy atom. The molecular formula is C20H44N2O3. The lowest BCUT2D eigenvalue weighted by molar-refractivity contribution is 0.0507. The average Bonchev–Trinajstić information content (AvgIpc) is 2.62. The Bertz CT molecular complexity index is 243. The lowest BCUT2D eigenvalue weighted by Crippen LogP contribution is -2.29. The lowest BCUT2D eigenvalue weighted by Gasteiger charge is -2.12. The molecule has 0 radical (unpaired) electrons. The van der Waals surface area contributed by atoms with Crippen LogP contribution < -0.4 is 11.1 Å². The van der Waals surface area contributed by atoms with Crippen LogP contribution in [0.25, 0.3) is 0 Å². The first-order chi connectivity index (χ1) is 12.3. The van der Waals surface area contributed by atoms with E-state index >= 15 is 0 Å². The molecular weight excluding hydrogens is 316 g/mol. The highest BCUT2D eigenvalue weighted by atomic mass is 16.5. The lowest BCUT2D eigenvalue weighted by atomic mass is 10.0. The van der Waals surface area contributed by atoms with Crippen LogP contribution in [0.3, 0.4) is 0 Å². The second-order valence-electron chi connectivity index (χ2n) is 6.84. The zero-order valence-corrected chi connectivity index (χ0v) is 16.6. The topological polar surface area (TPSA) is 76.7 Å². The summed E-state index contributed by atoms with van der Waals surface area (Å²) in [5, 5.41) is 13.2. The minimum Gasteiger partial charge on any atom is -0.392 e. The summed E-state index contributed by atoms with van der Waals surface area (Å²) in [4.78, 5) is 0. The zero-order valence-electron chi connectivity index (χ0n) is 16.6. The summed E-state index contributed by atoms with van der Waals surface area (Å²) < 4.78 is 10.6. The highest BCUT2D eigenvalue weighted by Gasteiger charge is 2.03. The van der Waals surface area contributed by atoms with Crippen LogP contribution in [0.4, 0.5) is 0 Å². The van der Waals surface area contributed by atoms with Crippen molar-refractivity contribution in [3.05, 3.63) is 0 Å². The third-order valence-corrected chi connectivity index (χ3v) is 4.33. The molecule has 0 aliphatic heterocycles. The second-order valence-corrected chi connectivity index (χ2v) is 6.84. The minimum atomic E-state index is -0.234. The summed E-state index contributed by atoms with van der Waals surface area (Å²) in [6.45, 7) is 6.68. The Morgan fingerprint density at radius 2 is 1.36 bits per heavy atom. The summed E-state index contributed by atoms with van der Waals surface area (Å²) in [5.74, 6) is 0. The van der Waals surface area contributed by atoms with Gasteiger partial charge >= 0.3 is 0 Å². The van der Waals surface area contributed by atoms with Gasteiger partial charge in [0.1, 0.15) is 0 Å². The fourth-order valence-electron chi connectivity index (χ4n) is 2.79. The molecule has 0 heterocycles. The fraction of sp³-hybridized carbons (Fsp3) is 1.00. The summed E-state index contributed by atoms with van der Waals surface area (Å²) in [7, 11) is 0. The van der Waals surface area contributed by atoms with Gasteiger partial charge in [0.05, 0.1) is 32.5 Å². The van der Waals surface area contributed by atoms with E-state index in [-0.39, 0.29) is 6.10 Å². The van der Waals surface area contributed by atoms with E-state index < -0.39 is 0 Å². The number of hydrogen-bond acceptors (Lipinski definition) is 5. The molecule has 1 unspecified atom stereocenters. The van der Waals surface area contributed by atoms with E-state index in [1.165, 1.54) is 57.8 Å². The Balaban J connectivity index is 3.12. The van der Waals surface area contributed by atoms with Crippen LogP contribution in [0.15, 0.2) is 0 Å². The van der Waals surface area contributed by atoms with Crippen molar-refractivity contribution in [3.8, 4) is 0 Å². The van der Waals surface area contributed by atoms with Gasteiger partial charge in [-0.25, -0.2) is 0 Å². The molecule has 152 valence electrons. The second kappa shape index (κ2) is 21.8. The first-order valence-electron chi connectivity index (χ1n) is 10.6. The first-order valence-corrected chi connectivity index (χ1v) is 10.6. The van der Waals surface area contributed by atoms with E-state index in [0.29, 0.717) is 39.5 Å². The molecule has 5 nitrogen and oxygen atoms in total. The summed E-state index contributed by atoms with van der Waals surface area (Å²) >= 11 is 0. The number of nitrogens with two attached hydrogens (primary N) is 1. The molecule has 0 saturated heterocycles. The molecule has 25 heavy (non-hydrogen) atoms. The monoisotopic (exact) mass is 360 g/mol. The van der Waals surface area contributed by atoms with E-state index in [1.807, 2.05) is 0 Å². The van der Waals surface area contributed by atoms with Crippen LogP contribution in [0.5, 0.6) is 0 Å². The molecule has 0 saturated carbocycles. The van der Waals surface area contributed by atoms with Crippen molar-refractivity contribution < 1.29 is 14.6 Å². The number of unbranched alkanes of at least 4 members (excludes halogenated alkanes) is 9. The summed E-state index contributed by atoms with van der Waals surface area (Å²) in [5.41, 5.74) is 5.32. The maximum absolute atomic E-state index is 9.94. The number of aliphatic hydroxyl groups excluding tert-OH is 1. The van der Waals surface area contributed by atoms with Gasteiger partial charge in [-0.05, 0) is 6.42 Å². The normalized spacial score (nSPS) is 12.6. The number of aliphatic hydroxyl groups is 1. The van der Waals surface area contributed by atoms with Gasteiger partial charge in [0.2, 0.25) is 0 Å². The molecule has 0 amide bonds. The van der Waals surface area contributed by atoms with Crippen molar-refractivity contribution in [2.75, 3.05) is 46.1 Å². The van der Waals surface area contributed by atoms with Crippen molar-refractivity contribution in [2.45, 2.75) is 83.7 Å². The third kappa shape index (κ3) is 21.8. The van der Waals surface area contributed by atoms with Crippen LogP contribution in [-0.4, -0.2) is 57.3 Å². The minimum absolute atomic E-state index is 0.234. The van der Waals surface area contributed by atoms with Gasteiger partial charge in [0.25, 0.3) is 0 Å². The number of ether oxygens (including phenoxy) is 2. The van der Waals surface area contributed by atoms with Gasteiger partial charge in [0, 0.05) is 19.6 Å². The van der Waals surface area contributed by atoms with Gasteiger partial charge < -0.3 is 25.6 Å². The van der Waals surface area contributed by atoms with Crippen molar-refractivity contribution in [1.29, 1.82) is 0 Å². The van der Waals surface area contributed by atoms with Gasteiger partial charge in [-0.15, -0.1) is 0 Å². The quantitative estimate of drug-likeness (QED) is 0.274. The Labute approximate surface area is 156 Å². The van der Waals surface area contributed by atoms with Crippen molar-refractivity contribution in [2.24, 2.45) is 5.73 Å². The van der Waals surface area contributed by atoms with Crippen LogP contribution in [0.1, 0.15) is 77.6 Å². The van der Waals surface area contributed by atoms with Crippen molar-refractivity contribution >= 4 is 0 Å². The molecule has 0 aromatic heterocycles. The number of hydrogen-bond donors (Lipinski definition) is 3. The third-order valence-electron chi connectivity index (χ3n) is 4.33. The predicted molar refractivity (Wildman–Crippen MR) is 106 cm³/mol. The van der Waals surface area contributed by atoms with Gasteiger partial charge in [-0.3, -0.25) is 0 Å². The van der Waals surface area contributed by atoms with Crippen LogP contribution in [-0.2, 0) is 9.47 Å². The largest absolute Gasteiger partial charge is 0.392 e. The summed E-state index contributed by atoms with van der Waals surface area (Å²) in [6, 6.07) is 0. The Kier molecular flexibility index (Phi) is 21.7. The van der Waals surface area contributed by atoms with Crippen LogP contribution >= 0.6 is 0 Å². The molecule has 0 aliphatic rings. The zero-order chi connectivity index (χ0) is 18.4. The molecule has 0 rings (SSSR count). The highest BCUT2D eigenvalue weighted by molar-refractivity contribution is 4.60. The molecule has 0 bridgehead atoms. The van der Waals surface area contributed by atoms with Gasteiger partial charge in [0.15, 0.2) is 0 Å². The highest BCUT2D eigenvalue weighted by Crippen LogP contribution is 2.11. The van der Waals surface area contributed by atoms with E-state index in [0.717, 1.165) is 19.4 Å². The molecule has 0 aromatic rings. The molecule has 0 fully saturated rings. The van der Waals surface area contributed by atoms with Crippen LogP contribution in [0, 0.1) is 0 Å². The van der Waals surface area contributed by atoms with Crippen molar-refractivity contribution in [1.82, 2.24) is 5.32 Å². The predicted octanol–water partition coefficient (Wildman–Crippen LogP) is 3.24. The molecule has 0 aliphatic carbocycles. The maximum atomic E-state index is 9.94. The van der Waals surface area contributed by atoms with Gasteiger partial charge in [-0.2, -0.15) is 0 Å². The fourth-order valence-corrected chi connectivity index (χ4v) is 2.79.